The van der Waals surface area contributed by atoms with Gasteiger partial charge in [-0.1, -0.05) is 115 Å². The molecule has 0 aromatic carbocycles. The smallest absolute Gasteiger partial charge is 0.111 e. The predicted octanol–water partition coefficient (Wildman–Crippen LogP) is 7.93. The first-order valence-corrected chi connectivity index (χ1v) is 13.6. The van der Waals surface area contributed by atoms with Gasteiger partial charge in [0, 0.05) is 0 Å². The summed E-state index contributed by atoms with van der Waals surface area (Å²) in [6, 6.07) is 0. The molecule has 2 aliphatic rings. The van der Waals surface area contributed by atoms with Crippen LogP contribution in [-0.2, 0) is 14.2 Å². The van der Waals surface area contributed by atoms with Crippen LogP contribution >= 0.6 is 0 Å². The lowest BCUT2D eigenvalue weighted by Crippen LogP contribution is -2.27. The molecule has 4 unspecified atom stereocenters. The Balaban J connectivity index is 1.59. The van der Waals surface area contributed by atoms with Crippen LogP contribution in [0.2, 0.25) is 0 Å². The molecule has 0 aromatic rings. The highest BCUT2D eigenvalue weighted by Gasteiger charge is 2.38. The molecule has 0 amide bonds. The van der Waals surface area contributed by atoms with Crippen molar-refractivity contribution in [2.75, 3.05) is 13.2 Å². The van der Waals surface area contributed by atoms with Gasteiger partial charge in [0.05, 0.1) is 13.2 Å². The molecule has 0 bridgehead atoms. The zero-order valence-corrected chi connectivity index (χ0v) is 20.6. The molecule has 0 radical (unpaired) electrons. The molecule has 2 fully saturated rings. The zero-order chi connectivity index (χ0) is 22.0. The molecule has 31 heavy (non-hydrogen) atoms. The fourth-order valence-electron chi connectivity index (χ4n) is 4.09. The van der Waals surface area contributed by atoms with Gasteiger partial charge in [-0.05, 0) is 25.7 Å². The predicted molar refractivity (Wildman–Crippen MR) is 132 cm³/mol. The normalized spacial score (nSPS) is 22.4. The van der Waals surface area contributed by atoms with E-state index in [4.69, 9.17) is 14.2 Å². The van der Waals surface area contributed by atoms with Crippen molar-refractivity contribution in [2.45, 2.75) is 141 Å². The molecular formula is C28H50O3. The van der Waals surface area contributed by atoms with Crippen molar-refractivity contribution in [3.05, 3.63) is 24.3 Å². The van der Waals surface area contributed by atoms with Gasteiger partial charge in [0.2, 0.25) is 0 Å². The molecule has 0 aromatic heterocycles. The SMILES string of the molecule is CCCCCCCCCC=CC(OC(C=CCCCCCCCCC)C1CO1)C1CO1. The molecule has 0 spiro atoms. The van der Waals surface area contributed by atoms with Gasteiger partial charge in [-0.2, -0.15) is 0 Å². The molecule has 0 saturated carbocycles. The summed E-state index contributed by atoms with van der Waals surface area (Å²) in [5, 5.41) is 0. The highest BCUT2D eigenvalue weighted by atomic mass is 16.6. The Kier molecular flexibility index (Phi) is 15.3. The van der Waals surface area contributed by atoms with Crippen LogP contribution in [0.3, 0.4) is 0 Å². The highest BCUT2D eigenvalue weighted by Crippen LogP contribution is 2.26. The van der Waals surface area contributed by atoms with Crippen molar-refractivity contribution in [3.8, 4) is 0 Å². The van der Waals surface area contributed by atoms with E-state index in [1.807, 2.05) is 0 Å². The van der Waals surface area contributed by atoms with Crippen molar-refractivity contribution in [1.29, 1.82) is 0 Å². The lowest BCUT2D eigenvalue weighted by atomic mass is 10.1. The molecule has 4 atom stereocenters. The van der Waals surface area contributed by atoms with Crippen molar-refractivity contribution < 1.29 is 14.2 Å². The Morgan fingerprint density at radius 2 is 0.968 bits per heavy atom. The van der Waals surface area contributed by atoms with E-state index < -0.39 is 0 Å². The molecule has 3 heteroatoms. The summed E-state index contributed by atoms with van der Waals surface area (Å²) < 4.78 is 17.5. The maximum atomic E-state index is 6.42. The van der Waals surface area contributed by atoms with Gasteiger partial charge in [-0.3, -0.25) is 0 Å². The summed E-state index contributed by atoms with van der Waals surface area (Å²) in [5.74, 6) is 0. The van der Waals surface area contributed by atoms with Crippen molar-refractivity contribution in [1.82, 2.24) is 0 Å². The van der Waals surface area contributed by atoms with Gasteiger partial charge in [-0.25, -0.2) is 0 Å². The van der Waals surface area contributed by atoms with Gasteiger partial charge in [0.1, 0.15) is 24.4 Å². The maximum Gasteiger partial charge on any atom is 0.111 e. The molecular weight excluding hydrogens is 384 g/mol. The van der Waals surface area contributed by atoms with Crippen molar-refractivity contribution in [2.24, 2.45) is 0 Å². The minimum Gasteiger partial charge on any atom is -0.370 e. The standard InChI is InChI=1S/C28H50O3/c1-3-5-7-9-11-13-15-17-19-21-25(27-23-29-27)31-26(28-24-30-28)22-20-18-16-14-12-10-8-6-4-2/h19-22,25-28H,3-18,23-24H2,1-2H3. The average Bonchev–Trinajstić information content (AvgIpc) is 3.68. The Hall–Kier alpha value is -0.640. The summed E-state index contributed by atoms with van der Waals surface area (Å²) in [6.45, 7) is 6.21. The Labute approximate surface area is 193 Å². The van der Waals surface area contributed by atoms with Crippen LogP contribution in [0.15, 0.2) is 24.3 Å². The number of rotatable bonds is 22. The number of hydrogen-bond acceptors (Lipinski definition) is 3. The number of epoxide rings is 2. The zero-order valence-electron chi connectivity index (χ0n) is 20.6. The third-order valence-corrected chi connectivity index (χ3v) is 6.37. The van der Waals surface area contributed by atoms with Gasteiger partial charge < -0.3 is 14.2 Å². The third kappa shape index (κ3) is 14.2. The summed E-state index contributed by atoms with van der Waals surface area (Å²) in [4.78, 5) is 0. The summed E-state index contributed by atoms with van der Waals surface area (Å²) in [7, 11) is 0. The molecule has 2 saturated heterocycles. The van der Waals surface area contributed by atoms with E-state index in [0.717, 1.165) is 26.1 Å². The Morgan fingerprint density at radius 3 is 1.32 bits per heavy atom. The number of hydrogen-bond donors (Lipinski definition) is 0. The van der Waals surface area contributed by atoms with Gasteiger partial charge in [-0.15, -0.1) is 0 Å². The molecule has 0 N–H and O–H groups in total. The van der Waals surface area contributed by atoms with Gasteiger partial charge in [0.15, 0.2) is 0 Å². The summed E-state index contributed by atoms with van der Waals surface area (Å²) in [5.41, 5.74) is 0. The topological polar surface area (TPSA) is 34.3 Å². The van der Waals surface area contributed by atoms with E-state index in [1.165, 1.54) is 89.9 Å². The highest BCUT2D eigenvalue weighted by molar-refractivity contribution is 5.03. The summed E-state index contributed by atoms with van der Waals surface area (Å²) >= 11 is 0. The lowest BCUT2D eigenvalue weighted by molar-refractivity contribution is 0.0113. The Bertz CT molecular complexity index is 423. The molecule has 180 valence electrons. The second kappa shape index (κ2) is 17.9. The van der Waals surface area contributed by atoms with Crippen LogP contribution in [0, 0.1) is 0 Å². The first kappa shape index (κ1) is 26.6. The van der Waals surface area contributed by atoms with E-state index in [-0.39, 0.29) is 24.4 Å². The van der Waals surface area contributed by atoms with Crippen LogP contribution in [0.25, 0.3) is 0 Å². The molecule has 3 nitrogen and oxygen atoms in total. The number of unbranched alkanes of at least 4 members (excludes halogenated alkanes) is 14. The minimum absolute atomic E-state index is 0.0713. The fraction of sp³-hybridized carbons (Fsp3) is 0.857. The molecule has 0 aliphatic carbocycles. The second-order valence-corrected chi connectivity index (χ2v) is 9.49. The quantitative estimate of drug-likeness (QED) is 0.0985. The minimum atomic E-state index is 0.0713. The molecule has 2 aliphatic heterocycles. The monoisotopic (exact) mass is 434 g/mol. The summed E-state index contributed by atoms with van der Waals surface area (Å²) in [6.07, 6.45) is 31.1. The van der Waals surface area contributed by atoms with Crippen LogP contribution < -0.4 is 0 Å². The van der Waals surface area contributed by atoms with E-state index in [0.29, 0.717) is 0 Å². The largest absolute Gasteiger partial charge is 0.370 e. The van der Waals surface area contributed by atoms with Crippen molar-refractivity contribution in [3.63, 3.8) is 0 Å². The molecule has 2 rings (SSSR count). The average molecular weight is 435 g/mol. The third-order valence-electron chi connectivity index (χ3n) is 6.37. The van der Waals surface area contributed by atoms with E-state index in [1.54, 1.807) is 0 Å². The first-order valence-electron chi connectivity index (χ1n) is 13.6. The van der Waals surface area contributed by atoms with Crippen LogP contribution in [0.5, 0.6) is 0 Å². The van der Waals surface area contributed by atoms with Crippen LogP contribution in [0.1, 0.15) is 117 Å². The Morgan fingerprint density at radius 1 is 0.613 bits per heavy atom. The maximum absolute atomic E-state index is 6.42. The van der Waals surface area contributed by atoms with Crippen LogP contribution in [-0.4, -0.2) is 37.6 Å². The van der Waals surface area contributed by atoms with E-state index in [9.17, 15) is 0 Å². The van der Waals surface area contributed by atoms with Crippen molar-refractivity contribution >= 4 is 0 Å². The van der Waals surface area contributed by atoms with Gasteiger partial charge >= 0.3 is 0 Å². The number of allylic oxidation sites excluding steroid dienone is 2. The van der Waals surface area contributed by atoms with E-state index >= 15 is 0 Å². The van der Waals surface area contributed by atoms with Gasteiger partial charge in [0.25, 0.3) is 0 Å². The van der Waals surface area contributed by atoms with Crippen LogP contribution in [0.4, 0.5) is 0 Å². The van der Waals surface area contributed by atoms with E-state index in [2.05, 4.69) is 38.2 Å². The second-order valence-electron chi connectivity index (χ2n) is 9.49. The first-order chi connectivity index (χ1) is 15.3. The fourth-order valence-corrected chi connectivity index (χ4v) is 4.09. The lowest BCUT2D eigenvalue weighted by Gasteiger charge is -2.18. The number of ether oxygens (including phenoxy) is 3. The molecule has 2 heterocycles.